The Hall–Kier alpha value is -2.44. The van der Waals surface area contributed by atoms with E-state index < -0.39 is 6.04 Å². The molecule has 8 heteroatoms. The minimum atomic E-state index is -0.620. The highest BCUT2D eigenvalue weighted by Gasteiger charge is 2.29. The maximum Gasteiger partial charge on any atom is 0.242 e. The molecule has 0 unspecified atom stereocenters. The Morgan fingerprint density at radius 2 is 1.77 bits per heavy atom. The highest BCUT2D eigenvalue weighted by atomic mass is 35.5. The van der Waals surface area contributed by atoms with Gasteiger partial charge in [-0.05, 0) is 42.7 Å². The van der Waals surface area contributed by atoms with Crippen molar-refractivity contribution in [2.75, 3.05) is 20.3 Å². The quantitative estimate of drug-likeness (QED) is 0.633. The Balaban J connectivity index is 1.79. The van der Waals surface area contributed by atoms with Crippen LogP contribution < -0.4 is 14.8 Å². The van der Waals surface area contributed by atoms with Crippen LogP contribution in [-0.2, 0) is 22.6 Å². The molecule has 0 saturated carbocycles. The zero-order valence-electron chi connectivity index (χ0n) is 17.6. The summed E-state index contributed by atoms with van der Waals surface area (Å²) in [5.74, 6) is 1.02. The van der Waals surface area contributed by atoms with Crippen molar-refractivity contribution in [2.24, 2.45) is 0 Å². The second-order valence-corrected chi connectivity index (χ2v) is 8.05. The normalized spacial score (nSPS) is 13.4. The number of fused-ring (bicyclic) bond motifs is 1. The minimum Gasteiger partial charge on any atom is -0.486 e. The van der Waals surface area contributed by atoms with Crippen molar-refractivity contribution in [3.63, 3.8) is 0 Å². The van der Waals surface area contributed by atoms with Crippen molar-refractivity contribution in [1.82, 2.24) is 10.2 Å². The van der Waals surface area contributed by atoms with Gasteiger partial charge in [-0.3, -0.25) is 9.59 Å². The number of nitrogens with one attached hydrogen (secondary N) is 1. The summed E-state index contributed by atoms with van der Waals surface area (Å²) in [7, 11) is 1.56. The number of likely N-dealkylation sites (N-methyl/N-ethyl adjacent to an activating group) is 1. The summed E-state index contributed by atoms with van der Waals surface area (Å²) < 4.78 is 11.2. The third-order valence-electron chi connectivity index (χ3n) is 5.26. The second-order valence-electron chi connectivity index (χ2n) is 7.24. The molecule has 2 aromatic rings. The molecule has 31 heavy (non-hydrogen) atoms. The van der Waals surface area contributed by atoms with Gasteiger partial charge in [0.15, 0.2) is 11.5 Å². The zero-order valence-corrected chi connectivity index (χ0v) is 19.1. The van der Waals surface area contributed by atoms with Crippen LogP contribution in [0.15, 0.2) is 36.4 Å². The van der Waals surface area contributed by atoms with Crippen LogP contribution in [0.3, 0.4) is 0 Å². The number of carbonyl (C=O) groups excluding carboxylic acids is 2. The standard InChI is InChI=1S/C23H26Cl2N2O4/c1-3-19(23(29)26-2)27(14-16-17(24)5-4-6-18(16)25)22(28)10-8-15-7-9-20-21(13-15)31-12-11-30-20/h4-7,9,13,19H,3,8,10-12,14H2,1-2H3,(H,26,29)/t19-/m0/s1. The number of carbonyl (C=O) groups is 2. The van der Waals surface area contributed by atoms with E-state index in [1.165, 1.54) is 0 Å². The molecule has 1 heterocycles. The summed E-state index contributed by atoms with van der Waals surface area (Å²) in [6, 6.07) is 10.3. The van der Waals surface area contributed by atoms with Crippen molar-refractivity contribution in [1.29, 1.82) is 0 Å². The van der Waals surface area contributed by atoms with Crippen LogP contribution in [0.2, 0.25) is 10.0 Å². The number of nitrogens with zero attached hydrogens (tertiary/aromatic N) is 1. The lowest BCUT2D eigenvalue weighted by Gasteiger charge is -2.31. The van der Waals surface area contributed by atoms with Crippen molar-refractivity contribution >= 4 is 35.0 Å². The third-order valence-corrected chi connectivity index (χ3v) is 5.96. The van der Waals surface area contributed by atoms with Crippen molar-refractivity contribution < 1.29 is 19.1 Å². The Bertz CT molecular complexity index is 931. The monoisotopic (exact) mass is 464 g/mol. The van der Waals surface area contributed by atoms with Crippen LogP contribution in [0, 0.1) is 0 Å². The predicted molar refractivity (Wildman–Crippen MR) is 121 cm³/mol. The van der Waals surface area contributed by atoms with E-state index in [-0.39, 0.29) is 24.8 Å². The molecule has 2 aromatic carbocycles. The molecule has 0 aliphatic carbocycles. The molecule has 3 rings (SSSR count). The number of rotatable bonds is 8. The van der Waals surface area contributed by atoms with Gasteiger partial charge < -0.3 is 19.7 Å². The van der Waals surface area contributed by atoms with Gasteiger partial charge >= 0.3 is 0 Å². The van der Waals surface area contributed by atoms with Gasteiger partial charge in [-0.25, -0.2) is 0 Å². The Kier molecular flexibility index (Phi) is 8.04. The molecular weight excluding hydrogens is 439 g/mol. The maximum absolute atomic E-state index is 13.3. The highest BCUT2D eigenvalue weighted by molar-refractivity contribution is 6.36. The molecular formula is C23H26Cl2N2O4. The van der Waals surface area contributed by atoms with Gasteiger partial charge in [0, 0.05) is 35.6 Å². The summed E-state index contributed by atoms with van der Waals surface area (Å²) in [5, 5.41) is 3.57. The molecule has 2 amide bonds. The molecule has 6 nitrogen and oxygen atoms in total. The van der Waals surface area contributed by atoms with Crippen molar-refractivity contribution in [2.45, 2.75) is 38.8 Å². The third kappa shape index (κ3) is 5.63. The lowest BCUT2D eigenvalue weighted by atomic mass is 10.1. The lowest BCUT2D eigenvalue weighted by Crippen LogP contribution is -2.48. The number of halogens is 2. The van der Waals surface area contributed by atoms with E-state index in [0.29, 0.717) is 53.2 Å². The molecule has 0 saturated heterocycles. The molecule has 0 spiro atoms. The van der Waals surface area contributed by atoms with Crippen LogP contribution in [0.25, 0.3) is 0 Å². The summed E-state index contributed by atoms with van der Waals surface area (Å²) in [6.45, 7) is 3.06. The second kappa shape index (κ2) is 10.7. The van der Waals surface area contributed by atoms with Gasteiger partial charge in [-0.1, -0.05) is 42.3 Å². The molecule has 0 radical (unpaired) electrons. The van der Waals surface area contributed by atoms with Crippen LogP contribution >= 0.6 is 23.2 Å². The van der Waals surface area contributed by atoms with E-state index in [0.717, 1.165) is 5.56 Å². The van der Waals surface area contributed by atoms with Crippen LogP contribution in [0.1, 0.15) is 30.9 Å². The fraction of sp³-hybridized carbons (Fsp3) is 0.391. The van der Waals surface area contributed by atoms with Crippen LogP contribution in [0.5, 0.6) is 11.5 Å². The van der Waals surface area contributed by atoms with Gasteiger partial charge in [-0.2, -0.15) is 0 Å². The van der Waals surface area contributed by atoms with Crippen LogP contribution in [0.4, 0.5) is 0 Å². The van der Waals surface area contributed by atoms with Crippen molar-refractivity contribution in [3.05, 3.63) is 57.6 Å². The molecule has 1 atom stereocenters. The Morgan fingerprint density at radius 1 is 1.10 bits per heavy atom. The predicted octanol–water partition coefficient (Wildman–Crippen LogP) is 4.25. The number of hydrogen-bond donors (Lipinski definition) is 1. The van der Waals surface area contributed by atoms with E-state index in [1.54, 1.807) is 30.1 Å². The minimum absolute atomic E-state index is 0.152. The lowest BCUT2D eigenvalue weighted by molar-refractivity contribution is -0.141. The first-order chi connectivity index (χ1) is 14.9. The molecule has 0 fully saturated rings. The topological polar surface area (TPSA) is 67.9 Å². The maximum atomic E-state index is 13.3. The summed E-state index contributed by atoms with van der Waals surface area (Å²) in [4.78, 5) is 27.3. The first kappa shape index (κ1) is 23.2. The molecule has 1 aliphatic heterocycles. The van der Waals surface area contributed by atoms with E-state index in [2.05, 4.69) is 5.32 Å². The smallest absolute Gasteiger partial charge is 0.242 e. The van der Waals surface area contributed by atoms with Gasteiger partial charge in [0.25, 0.3) is 0 Å². The number of benzene rings is 2. The van der Waals surface area contributed by atoms with Gasteiger partial charge in [-0.15, -0.1) is 0 Å². The summed E-state index contributed by atoms with van der Waals surface area (Å²) in [6.07, 6.45) is 1.21. The number of aryl methyl sites for hydroxylation is 1. The highest BCUT2D eigenvalue weighted by Crippen LogP contribution is 2.31. The average Bonchev–Trinajstić information content (AvgIpc) is 2.78. The summed E-state index contributed by atoms with van der Waals surface area (Å²) in [5.41, 5.74) is 1.59. The summed E-state index contributed by atoms with van der Waals surface area (Å²) >= 11 is 12.7. The fourth-order valence-corrected chi connectivity index (χ4v) is 4.09. The zero-order chi connectivity index (χ0) is 22.4. The first-order valence-corrected chi connectivity index (χ1v) is 11.0. The molecule has 1 N–H and O–H groups in total. The van der Waals surface area contributed by atoms with E-state index in [4.69, 9.17) is 32.7 Å². The number of ether oxygens (including phenoxy) is 2. The average molecular weight is 465 g/mol. The molecule has 166 valence electrons. The first-order valence-electron chi connectivity index (χ1n) is 10.3. The molecule has 0 bridgehead atoms. The molecule has 1 aliphatic rings. The SMILES string of the molecule is CC[C@@H](C(=O)NC)N(Cc1c(Cl)cccc1Cl)C(=O)CCc1ccc2c(c1)OCCO2. The Labute approximate surface area is 192 Å². The fourth-order valence-electron chi connectivity index (χ4n) is 3.58. The van der Waals surface area contributed by atoms with E-state index >= 15 is 0 Å². The van der Waals surface area contributed by atoms with Gasteiger partial charge in [0.05, 0.1) is 0 Å². The van der Waals surface area contributed by atoms with Crippen LogP contribution in [-0.4, -0.2) is 43.0 Å². The Morgan fingerprint density at radius 3 is 2.42 bits per heavy atom. The van der Waals surface area contributed by atoms with E-state index in [1.807, 2.05) is 25.1 Å². The van der Waals surface area contributed by atoms with Gasteiger partial charge in [0.1, 0.15) is 19.3 Å². The van der Waals surface area contributed by atoms with E-state index in [9.17, 15) is 9.59 Å². The largest absolute Gasteiger partial charge is 0.486 e. The number of hydrogen-bond acceptors (Lipinski definition) is 4. The van der Waals surface area contributed by atoms with Crippen molar-refractivity contribution in [3.8, 4) is 11.5 Å². The molecule has 0 aromatic heterocycles. The number of amides is 2. The van der Waals surface area contributed by atoms with Gasteiger partial charge in [0.2, 0.25) is 11.8 Å².